The first-order valence-corrected chi connectivity index (χ1v) is 6.29. The number of anilines is 1. The van der Waals surface area contributed by atoms with E-state index in [-0.39, 0.29) is 0 Å². The van der Waals surface area contributed by atoms with Crippen LogP contribution in [0.15, 0.2) is 48.5 Å². The summed E-state index contributed by atoms with van der Waals surface area (Å²) in [5.74, 6) is 0.583. The van der Waals surface area contributed by atoms with E-state index in [2.05, 4.69) is 50.3 Å². The molecule has 1 heteroatoms. The van der Waals surface area contributed by atoms with Gasteiger partial charge in [0.25, 0.3) is 0 Å². The minimum atomic E-state index is 0.583. The van der Waals surface area contributed by atoms with Crippen molar-refractivity contribution in [3.05, 3.63) is 65.2 Å². The monoisotopic (exact) mass is 237 g/mol. The molecule has 0 radical (unpaired) electrons. The summed E-state index contributed by atoms with van der Waals surface area (Å²) in [6, 6.07) is 16.6. The molecule has 0 aromatic heterocycles. The van der Waals surface area contributed by atoms with Crippen LogP contribution in [0.3, 0.4) is 0 Å². The van der Waals surface area contributed by atoms with Crippen molar-refractivity contribution in [2.24, 2.45) is 0 Å². The van der Waals surface area contributed by atoms with Crippen molar-refractivity contribution >= 4 is 17.8 Å². The fourth-order valence-electron chi connectivity index (χ4n) is 1.79. The third-order valence-electron chi connectivity index (χ3n) is 3.01. The number of nitrogens with two attached hydrogens (primary N) is 1. The molecule has 0 fully saturated rings. The number of benzene rings is 2. The van der Waals surface area contributed by atoms with Gasteiger partial charge in [0.15, 0.2) is 0 Å². The maximum atomic E-state index is 5.65. The molecular formula is C17H19N. The third-order valence-corrected chi connectivity index (χ3v) is 3.01. The highest BCUT2D eigenvalue weighted by atomic mass is 14.5. The molecule has 0 unspecified atom stereocenters. The number of nitrogen functional groups attached to an aromatic ring is 1. The van der Waals surface area contributed by atoms with Crippen LogP contribution in [-0.4, -0.2) is 0 Å². The molecule has 2 N–H and O–H groups in total. The highest BCUT2D eigenvalue weighted by molar-refractivity contribution is 5.70. The van der Waals surface area contributed by atoms with Gasteiger partial charge in [-0.25, -0.2) is 0 Å². The van der Waals surface area contributed by atoms with Gasteiger partial charge in [0.05, 0.1) is 0 Å². The van der Waals surface area contributed by atoms with Crippen LogP contribution in [0.25, 0.3) is 12.2 Å². The summed E-state index contributed by atoms with van der Waals surface area (Å²) in [6.07, 6.45) is 4.22. The van der Waals surface area contributed by atoms with Crippen LogP contribution in [0.2, 0.25) is 0 Å². The van der Waals surface area contributed by atoms with Gasteiger partial charge in [-0.05, 0) is 34.7 Å². The highest BCUT2D eigenvalue weighted by Crippen LogP contribution is 2.16. The zero-order valence-corrected chi connectivity index (χ0v) is 10.9. The van der Waals surface area contributed by atoms with Crippen molar-refractivity contribution in [2.45, 2.75) is 19.8 Å². The molecule has 0 aliphatic heterocycles. The van der Waals surface area contributed by atoms with Gasteiger partial charge in [-0.1, -0.05) is 62.4 Å². The van der Waals surface area contributed by atoms with Crippen LogP contribution in [0.1, 0.15) is 36.5 Å². The Kier molecular flexibility index (Phi) is 3.83. The van der Waals surface area contributed by atoms with Crippen LogP contribution in [0.5, 0.6) is 0 Å². The Morgan fingerprint density at radius 1 is 0.778 bits per heavy atom. The SMILES string of the molecule is CC(C)c1ccc(/C=C/c2ccc(N)cc2)cc1. The summed E-state index contributed by atoms with van der Waals surface area (Å²) in [7, 11) is 0. The average molecular weight is 237 g/mol. The Hall–Kier alpha value is -2.02. The quantitative estimate of drug-likeness (QED) is 0.614. The standard InChI is InChI=1S/C17H19N/c1-13(2)16-9-5-14(6-10-16)3-4-15-7-11-17(18)12-8-15/h3-13H,18H2,1-2H3/b4-3+. The van der Waals surface area contributed by atoms with E-state index in [0.717, 1.165) is 11.3 Å². The first-order chi connectivity index (χ1) is 8.65. The molecule has 2 rings (SSSR count). The van der Waals surface area contributed by atoms with Gasteiger partial charge in [0.1, 0.15) is 0 Å². The highest BCUT2D eigenvalue weighted by Gasteiger charge is 1.97. The summed E-state index contributed by atoms with van der Waals surface area (Å²) >= 11 is 0. The van der Waals surface area contributed by atoms with Crippen molar-refractivity contribution in [1.82, 2.24) is 0 Å². The maximum absolute atomic E-state index is 5.65. The van der Waals surface area contributed by atoms with Gasteiger partial charge in [0.2, 0.25) is 0 Å². The Bertz CT molecular complexity index is 519. The van der Waals surface area contributed by atoms with E-state index in [1.807, 2.05) is 24.3 Å². The van der Waals surface area contributed by atoms with Crippen LogP contribution < -0.4 is 5.73 Å². The normalized spacial score (nSPS) is 11.3. The predicted molar refractivity (Wildman–Crippen MR) is 80.3 cm³/mol. The zero-order chi connectivity index (χ0) is 13.0. The second kappa shape index (κ2) is 5.54. The van der Waals surface area contributed by atoms with E-state index >= 15 is 0 Å². The summed E-state index contributed by atoms with van der Waals surface area (Å²) in [4.78, 5) is 0. The molecule has 0 bridgehead atoms. The van der Waals surface area contributed by atoms with Gasteiger partial charge >= 0.3 is 0 Å². The summed E-state index contributed by atoms with van der Waals surface area (Å²) in [6.45, 7) is 4.42. The molecule has 2 aromatic carbocycles. The smallest absolute Gasteiger partial charge is 0.0314 e. The number of rotatable bonds is 3. The lowest BCUT2D eigenvalue weighted by molar-refractivity contribution is 0.866. The molecule has 0 atom stereocenters. The minimum Gasteiger partial charge on any atom is -0.399 e. The molecule has 0 aliphatic rings. The van der Waals surface area contributed by atoms with E-state index in [1.54, 1.807) is 0 Å². The molecule has 0 heterocycles. The Morgan fingerprint density at radius 3 is 1.67 bits per heavy atom. The van der Waals surface area contributed by atoms with E-state index in [1.165, 1.54) is 11.1 Å². The van der Waals surface area contributed by atoms with Crippen molar-refractivity contribution in [2.75, 3.05) is 5.73 Å². The maximum Gasteiger partial charge on any atom is 0.0314 e. The lowest BCUT2D eigenvalue weighted by atomic mass is 10.0. The molecule has 0 saturated heterocycles. The molecule has 92 valence electrons. The lowest BCUT2D eigenvalue weighted by Gasteiger charge is -2.04. The fourth-order valence-corrected chi connectivity index (χ4v) is 1.79. The molecule has 0 amide bonds. The molecule has 1 nitrogen and oxygen atoms in total. The first-order valence-electron chi connectivity index (χ1n) is 6.29. The van der Waals surface area contributed by atoms with Gasteiger partial charge in [-0.15, -0.1) is 0 Å². The molecule has 0 saturated carbocycles. The Labute approximate surface area is 109 Å². The average Bonchev–Trinajstić information content (AvgIpc) is 2.38. The third kappa shape index (κ3) is 3.24. The molecular weight excluding hydrogens is 218 g/mol. The van der Waals surface area contributed by atoms with E-state index in [9.17, 15) is 0 Å². The van der Waals surface area contributed by atoms with Crippen molar-refractivity contribution in [1.29, 1.82) is 0 Å². The number of hydrogen-bond donors (Lipinski definition) is 1. The minimum absolute atomic E-state index is 0.583. The fraction of sp³-hybridized carbons (Fsp3) is 0.176. The lowest BCUT2D eigenvalue weighted by Crippen LogP contribution is -1.86. The molecule has 2 aromatic rings. The summed E-state index contributed by atoms with van der Waals surface area (Å²) < 4.78 is 0. The van der Waals surface area contributed by atoms with Gasteiger partial charge in [-0.3, -0.25) is 0 Å². The molecule has 18 heavy (non-hydrogen) atoms. The van der Waals surface area contributed by atoms with E-state index in [4.69, 9.17) is 5.73 Å². The van der Waals surface area contributed by atoms with Crippen molar-refractivity contribution < 1.29 is 0 Å². The Morgan fingerprint density at radius 2 is 1.22 bits per heavy atom. The predicted octanol–water partition coefficient (Wildman–Crippen LogP) is 4.56. The van der Waals surface area contributed by atoms with Crippen LogP contribution in [0.4, 0.5) is 5.69 Å². The number of hydrogen-bond acceptors (Lipinski definition) is 1. The molecule has 0 aliphatic carbocycles. The summed E-state index contributed by atoms with van der Waals surface area (Å²) in [5.41, 5.74) is 10.2. The van der Waals surface area contributed by atoms with Gasteiger partial charge in [0, 0.05) is 5.69 Å². The van der Waals surface area contributed by atoms with Crippen LogP contribution in [-0.2, 0) is 0 Å². The Balaban J connectivity index is 2.11. The topological polar surface area (TPSA) is 26.0 Å². The van der Waals surface area contributed by atoms with Gasteiger partial charge < -0.3 is 5.73 Å². The van der Waals surface area contributed by atoms with Crippen molar-refractivity contribution in [3.8, 4) is 0 Å². The zero-order valence-electron chi connectivity index (χ0n) is 10.9. The summed E-state index contributed by atoms with van der Waals surface area (Å²) in [5, 5.41) is 0. The molecule has 0 spiro atoms. The largest absolute Gasteiger partial charge is 0.399 e. The van der Waals surface area contributed by atoms with E-state index in [0.29, 0.717) is 5.92 Å². The second-order valence-electron chi connectivity index (χ2n) is 4.82. The van der Waals surface area contributed by atoms with Crippen LogP contribution >= 0.6 is 0 Å². The van der Waals surface area contributed by atoms with E-state index < -0.39 is 0 Å². The van der Waals surface area contributed by atoms with Crippen LogP contribution in [0, 0.1) is 0 Å². The van der Waals surface area contributed by atoms with Gasteiger partial charge in [-0.2, -0.15) is 0 Å². The van der Waals surface area contributed by atoms with Crippen molar-refractivity contribution in [3.63, 3.8) is 0 Å². The first kappa shape index (κ1) is 12.4. The second-order valence-corrected chi connectivity index (χ2v) is 4.82.